The Labute approximate surface area is 109 Å². The second kappa shape index (κ2) is 6.24. The summed E-state index contributed by atoms with van der Waals surface area (Å²) in [5, 5.41) is 7.99. The first kappa shape index (κ1) is 12.7. The van der Waals surface area contributed by atoms with Gasteiger partial charge in [0.05, 0.1) is 18.3 Å². The Hall–Kier alpha value is -1.77. The minimum atomic E-state index is 0.524. The Morgan fingerprint density at radius 1 is 1.11 bits per heavy atom. The maximum absolute atomic E-state index is 4.62. The summed E-state index contributed by atoms with van der Waals surface area (Å²) < 4.78 is 2.09. The van der Waals surface area contributed by atoms with Gasteiger partial charge in [-0.1, -0.05) is 32.0 Å². The quantitative estimate of drug-likeness (QED) is 0.835. The van der Waals surface area contributed by atoms with Crippen molar-refractivity contribution in [2.75, 3.05) is 5.32 Å². The van der Waals surface area contributed by atoms with Crippen molar-refractivity contribution in [2.45, 2.75) is 39.3 Å². The van der Waals surface area contributed by atoms with Crippen molar-refractivity contribution in [3.8, 4) is 0 Å². The summed E-state index contributed by atoms with van der Waals surface area (Å²) in [5.41, 5.74) is 2.22. The molecule has 0 spiro atoms. The Balaban J connectivity index is 1.95. The summed E-state index contributed by atoms with van der Waals surface area (Å²) in [6.07, 6.45) is 4.34. The predicted molar refractivity (Wildman–Crippen MR) is 75.6 cm³/mol. The molecule has 0 saturated heterocycles. The molecular formula is C15H21N3. The Morgan fingerprint density at radius 3 is 2.50 bits per heavy atom. The van der Waals surface area contributed by atoms with Crippen LogP contribution in [0.25, 0.3) is 0 Å². The minimum absolute atomic E-state index is 0.524. The minimum Gasteiger partial charge on any atom is -0.379 e. The van der Waals surface area contributed by atoms with Gasteiger partial charge in [-0.15, -0.1) is 0 Å². The van der Waals surface area contributed by atoms with E-state index in [0.29, 0.717) is 6.04 Å². The highest BCUT2D eigenvalue weighted by atomic mass is 15.3. The summed E-state index contributed by atoms with van der Waals surface area (Å²) in [6.45, 7) is 5.19. The van der Waals surface area contributed by atoms with Crippen LogP contribution in [0.15, 0.2) is 42.6 Å². The van der Waals surface area contributed by atoms with E-state index >= 15 is 0 Å². The van der Waals surface area contributed by atoms with Gasteiger partial charge in [-0.2, -0.15) is 5.10 Å². The van der Waals surface area contributed by atoms with Gasteiger partial charge >= 0.3 is 0 Å². The fraction of sp³-hybridized carbons (Fsp3) is 0.400. The molecule has 0 aliphatic heterocycles. The highest BCUT2D eigenvalue weighted by Crippen LogP contribution is 2.15. The molecule has 3 nitrogen and oxygen atoms in total. The van der Waals surface area contributed by atoms with Gasteiger partial charge in [-0.3, -0.25) is 4.68 Å². The van der Waals surface area contributed by atoms with Crippen LogP contribution >= 0.6 is 0 Å². The SMILES string of the molecule is CCC(CC)n1ccc(CNc2ccccc2)n1. The molecule has 1 N–H and O–H groups in total. The largest absolute Gasteiger partial charge is 0.379 e. The summed E-state index contributed by atoms with van der Waals surface area (Å²) in [4.78, 5) is 0. The average Bonchev–Trinajstić information content (AvgIpc) is 2.88. The van der Waals surface area contributed by atoms with E-state index in [0.717, 1.165) is 30.8 Å². The number of aromatic nitrogens is 2. The summed E-state index contributed by atoms with van der Waals surface area (Å²) in [5.74, 6) is 0. The normalized spacial score (nSPS) is 10.8. The van der Waals surface area contributed by atoms with E-state index in [2.05, 4.69) is 53.3 Å². The third-order valence-corrected chi connectivity index (χ3v) is 3.23. The lowest BCUT2D eigenvalue weighted by Crippen LogP contribution is -2.08. The molecular weight excluding hydrogens is 222 g/mol. The van der Waals surface area contributed by atoms with Gasteiger partial charge in [-0.05, 0) is 31.0 Å². The second-order valence-electron chi connectivity index (χ2n) is 4.48. The fourth-order valence-electron chi connectivity index (χ4n) is 2.09. The van der Waals surface area contributed by atoms with Gasteiger partial charge in [0.15, 0.2) is 0 Å². The lowest BCUT2D eigenvalue weighted by molar-refractivity contribution is 0.426. The molecule has 18 heavy (non-hydrogen) atoms. The van der Waals surface area contributed by atoms with Crippen molar-refractivity contribution in [2.24, 2.45) is 0 Å². The van der Waals surface area contributed by atoms with Gasteiger partial charge in [0.1, 0.15) is 0 Å². The van der Waals surface area contributed by atoms with Crippen LogP contribution in [0.3, 0.4) is 0 Å². The molecule has 2 rings (SSSR count). The van der Waals surface area contributed by atoms with Crippen molar-refractivity contribution in [3.05, 3.63) is 48.3 Å². The first-order valence-corrected chi connectivity index (χ1v) is 6.66. The molecule has 0 bridgehead atoms. The standard InChI is InChI=1S/C15H21N3/c1-3-15(4-2)18-11-10-14(17-18)12-16-13-8-6-5-7-9-13/h5-11,15-16H,3-4,12H2,1-2H3. The Morgan fingerprint density at radius 2 is 1.83 bits per heavy atom. The van der Waals surface area contributed by atoms with Crippen LogP contribution in [0.1, 0.15) is 38.4 Å². The molecule has 1 heterocycles. The van der Waals surface area contributed by atoms with E-state index in [1.807, 2.05) is 18.2 Å². The number of para-hydroxylation sites is 1. The van der Waals surface area contributed by atoms with Crippen LogP contribution in [0, 0.1) is 0 Å². The van der Waals surface area contributed by atoms with E-state index in [4.69, 9.17) is 0 Å². The number of nitrogens with one attached hydrogen (secondary N) is 1. The Bertz CT molecular complexity index is 458. The molecule has 3 heteroatoms. The fourth-order valence-corrected chi connectivity index (χ4v) is 2.09. The van der Waals surface area contributed by atoms with Crippen LogP contribution in [0.5, 0.6) is 0 Å². The molecule has 0 fully saturated rings. The van der Waals surface area contributed by atoms with Crippen LogP contribution in [-0.4, -0.2) is 9.78 Å². The predicted octanol–water partition coefficient (Wildman–Crippen LogP) is 3.86. The van der Waals surface area contributed by atoms with Crippen molar-refractivity contribution < 1.29 is 0 Å². The zero-order chi connectivity index (χ0) is 12.8. The van der Waals surface area contributed by atoms with Crippen LogP contribution in [0.2, 0.25) is 0 Å². The average molecular weight is 243 g/mol. The molecule has 0 aliphatic carbocycles. The lowest BCUT2D eigenvalue weighted by atomic mass is 10.2. The maximum Gasteiger partial charge on any atom is 0.0815 e. The van der Waals surface area contributed by atoms with E-state index in [9.17, 15) is 0 Å². The first-order valence-electron chi connectivity index (χ1n) is 6.66. The van der Waals surface area contributed by atoms with E-state index in [-0.39, 0.29) is 0 Å². The maximum atomic E-state index is 4.62. The van der Waals surface area contributed by atoms with Gasteiger partial charge in [0.25, 0.3) is 0 Å². The highest BCUT2D eigenvalue weighted by Gasteiger charge is 2.07. The molecule has 0 aliphatic rings. The number of anilines is 1. The number of rotatable bonds is 6. The number of benzene rings is 1. The number of nitrogens with zero attached hydrogens (tertiary/aromatic N) is 2. The van der Waals surface area contributed by atoms with Crippen LogP contribution < -0.4 is 5.32 Å². The van der Waals surface area contributed by atoms with Gasteiger partial charge in [0.2, 0.25) is 0 Å². The molecule has 1 aromatic carbocycles. The van der Waals surface area contributed by atoms with Crippen molar-refractivity contribution >= 4 is 5.69 Å². The van der Waals surface area contributed by atoms with Crippen molar-refractivity contribution in [1.82, 2.24) is 9.78 Å². The summed E-state index contributed by atoms with van der Waals surface area (Å²) in [6, 6.07) is 12.8. The summed E-state index contributed by atoms with van der Waals surface area (Å²) >= 11 is 0. The number of hydrogen-bond donors (Lipinski definition) is 1. The number of hydrogen-bond acceptors (Lipinski definition) is 2. The van der Waals surface area contributed by atoms with Gasteiger partial charge < -0.3 is 5.32 Å². The molecule has 0 atom stereocenters. The topological polar surface area (TPSA) is 29.9 Å². The summed E-state index contributed by atoms with van der Waals surface area (Å²) in [7, 11) is 0. The van der Waals surface area contributed by atoms with Gasteiger partial charge in [-0.25, -0.2) is 0 Å². The van der Waals surface area contributed by atoms with Crippen LogP contribution in [0.4, 0.5) is 5.69 Å². The molecule has 0 radical (unpaired) electrons. The second-order valence-corrected chi connectivity index (χ2v) is 4.48. The molecule has 2 aromatic rings. The highest BCUT2D eigenvalue weighted by molar-refractivity contribution is 5.42. The smallest absolute Gasteiger partial charge is 0.0815 e. The van der Waals surface area contributed by atoms with E-state index in [1.165, 1.54) is 0 Å². The Kier molecular flexibility index (Phi) is 4.40. The molecule has 0 amide bonds. The van der Waals surface area contributed by atoms with E-state index < -0.39 is 0 Å². The van der Waals surface area contributed by atoms with E-state index in [1.54, 1.807) is 0 Å². The molecule has 0 saturated carbocycles. The third-order valence-electron chi connectivity index (χ3n) is 3.23. The molecule has 1 aromatic heterocycles. The zero-order valence-corrected chi connectivity index (χ0v) is 11.1. The first-order chi connectivity index (χ1) is 8.83. The lowest BCUT2D eigenvalue weighted by Gasteiger charge is -2.12. The monoisotopic (exact) mass is 243 g/mol. The molecule has 0 unspecified atom stereocenters. The van der Waals surface area contributed by atoms with Crippen molar-refractivity contribution in [3.63, 3.8) is 0 Å². The van der Waals surface area contributed by atoms with Crippen molar-refractivity contribution in [1.29, 1.82) is 0 Å². The van der Waals surface area contributed by atoms with Crippen LogP contribution in [-0.2, 0) is 6.54 Å². The zero-order valence-electron chi connectivity index (χ0n) is 11.1. The van der Waals surface area contributed by atoms with Gasteiger partial charge in [0, 0.05) is 11.9 Å². The third kappa shape index (κ3) is 3.13. The molecule has 96 valence electrons.